The van der Waals surface area contributed by atoms with Gasteiger partial charge in [0.15, 0.2) is 0 Å². The largest absolute Gasteiger partial charge is 0.391 e. The van der Waals surface area contributed by atoms with E-state index in [1.807, 2.05) is 30.3 Å². The van der Waals surface area contributed by atoms with Crippen molar-refractivity contribution < 1.29 is 23.8 Å². The number of ether oxygens (including phenoxy) is 2. The van der Waals surface area contributed by atoms with Crippen molar-refractivity contribution >= 4 is 5.91 Å². The van der Waals surface area contributed by atoms with Crippen molar-refractivity contribution in [1.29, 1.82) is 0 Å². The molecule has 1 amide bonds. The molecule has 7 heteroatoms. The summed E-state index contributed by atoms with van der Waals surface area (Å²) in [4.78, 5) is 16.8. The van der Waals surface area contributed by atoms with E-state index in [1.54, 1.807) is 12.0 Å². The summed E-state index contributed by atoms with van der Waals surface area (Å²) in [5.41, 5.74) is 1.54. The van der Waals surface area contributed by atoms with Crippen LogP contribution >= 0.6 is 0 Å². The minimum Gasteiger partial charge on any atom is -0.391 e. The van der Waals surface area contributed by atoms with Crippen molar-refractivity contribution in [2.24, 2.45) is 0 Å². The van der Waals surface area contributed by atoms with Gasteiger partial charge in [-0.1, -0.05) is 30.3 Å². The first-order valence-electron chi connectivity index (χ1n) is 10.6. The SMILES string of the molecule is COCCN(C[C@@H]1CN(C[C@@H](O)Cc2ccccc2)CCO1)C(=O)c1ccc(F)cc1. The molecule has 0 saturated carbocycles. The molecule has 1 fully saturated rings. The normalized spacial score (nSPS) is 18.0. The number of nitrogens with zero attached hydrogens (tertiary/aromatic N) is 2. The van der Waals surface area contributed by atoms with Crippen LogP contribution in [-0.2, 0) is 15.9 Å². The highest BCUT2D eigenvalue weighted by Gasteiger charge is 2.26. The second-order valence-corrected chi connectivity index (χ2v) is 7.85. The molecule has 0 bridgehead atoms. The van der Waals surface area contributed by atoms with Crippen LogP contribution in [0, 0.1) is 5.82 Å². The molecule has 0 spiro atoms. The van der Waals surface area contributed by atoms with Crippen molar-refractivity contribution in [3.05, 3.63) is 71.5 Å². The summed E-state index contributed by atoms with van der Waals surface area (Å²) in [6, 6.07) is 15.5. The average molecular weight is 431 g/mol. The Hall–Kier alpha value is -2.32. The third kappa shape index (κ3) is 7.40. The lowest BCUT2D eigenvalue weighted by molar-refractivity contribution is -0.0515. The molecule has 31 heavy (non-hydrogen) atoms. The van der Waals surface area contributed by atoms with Gasteiger partial charge in [0.2, 0.25) is 0 Å². The first-order chi connectivity index (χ1) is 15.0. The number of aliphatic hydroxyl groups excluding tert-OH is 1. The Balaban J connectivity index is 1.56. The van der Waals surface area contributed by atoms with Gasteiger partial charge in [0.05, 0.1) is 25.4 Å². The summed E-state index contributed by atoms with van der Waals surface area (Å²) >= 11 is 0. The maximum atomic E-state index is 13.2. The quantitative estimate of drug-likeness (QED) is 0.626. The van der Waals surface area contributed by atoms with Gasteiger partial charge in [-0.05, 0) is 36.2 Å². The van der Waals surface area contributed by atoms with Gasteiger partial charge in [-0.3, -0.25) is 9.69 Å². The molecule has 2 aromatic carbocycles. The monoisotopic (exact) mass is 430 g/mol. The zero-order chi connectivity index (χ0) is 22.1. The van der Waals surface area contributed by atoms with Crippen LogP contribution in [-0.4, -0.2) is 86.1 Å². The lowest BCUT2D eigenvalue weighted by Crippen LogP contribution is -2.51. The Labute approximate surface area is 183 Å². The Kier molecular flexibility index (Phi) is 8.97. The standard InChI is InChI=1S/C24H31FN2O4/c1-30-13-12-27(24(29)20-7-9-21(25)10-8-20)18-23-17-26(11-14-31-23)16-22(28)15-19-5-3-2-4-6-19/h2-10,22-23,28H,11-18H2,1H3/t22-,23-/m0/s1. The molecule has 1 aliphatic heterocycles. The van der Waals surface area contributed by atoms with Crippen LogP contribution in [0.3, 0.4) is 0 Å². The molecule has 1 saturated heterocycles. The van der Waals surface area contributed by atoms with Gasteiger partial charge in [-0.2, -0.15) is 0 Å². The summed E-state index contributed by atoms with van der Waals surface area (Å²) in [7, 11) is 1.59. The van der Waals surface area contributed by atoms with E-state index in [0.29, 0.717) is 51.4 Å². The molecule has 2 aromatic rings. The smallest absolute Gasteiger partial charge is 0.254 e. The number of amides is 1. The molecule has 3 rings (SSSR count). The number of benzene rings is 2. The van der Waals surface area contributed by atoms with Gasteiger partial charge in [0.25, 0.3) is 5.91 Å². The fourth-order valence-electron chi connectivity index (χ4n) is 3.80. The average Bonchev–Trinajstić information content (AvgIpc) is 2.77. The lowest BCUT2D eigenvalue weighted by atomic mass is 10.1. The van der Waals surface area contributed by atoms with E-state index in [0.717, 1.165) is 12.1 Å². The molecular weight excluding hydrogens is 399 g/mol. The second-order valence-electron chi connectivity index (χ2n) is 7.85. The van der Waals surface area contributed by atoms with Crippen molar-refractivity contribution in [2.45, 2.75) is 18.6 Å². The predicted octanol–water partition coefficient (Wildman–Crippen LogP) is 2.22. The fourth-order valence-corrected chi connectivity index (χ4v) is 3.80. The van der Waals surface area contributed by atoms with Gasteiger partial charge < -0.3 is 19.5 Å². The van der Waals surface area contributed by atoms with E-state index in [2.05, 4.69) is 4.90 Å². The second kappa shape index (κ2) is 11.9. The van der Waals surface area contributed by atoms with Gasteiger partial charge in [-0.15, -0.1) is 0 Å². The van der Waals surface area contributed by atoms with Crippen molar-refractivity contribution in [3.8, 4) is 0 Å². The highest BCUT2D eigenvalue weighted by atomic mass is 19.1. The van der Waals surface area contributed by atoms with E-state index < -0.39 is 6.10 Å². The third-order valence-electron chi connectivity index (χ3n) is 5.37. The fraction of sp³-hybridized carbons (Fsp3) is 0.458. The van der Waals surface area contributed by atoms with E-state index in [1.165, 1.54) is 24.3 Å². The number of carbonyl (C=O) groups excluding carboxylic acids is 1. The Morgan fingerprint density at radius 2 is 2.00 bits per heavy atom. The molecule has 6 nitrogen and oxygen atoms in total. The van der Waals surface area contributed by atoms with Crippen LogP contribution in [0.1, 0.15) is 15.9 Å². The Morgan fingerprint density at radius 3 is 2.71 bits per heavy atom. The van der Waals surface area contributed by atoms with Crippen LogP contribution in [0.4, 0.5) is 4.39 Å². The predicted molar refractivity (Wildman–Crippen MR) is 117 cm³/mol. The molecule has 168 valence electrons. The number of hydrogen-bond donors (Lipinski definition) is 1. The molecule has 1 aliphatic rings. The van der Waals surface area contributed by atoms with Crippen LogP contribution in [0.5, 0.6) is 0 Å². The van der Waals surface area contributed by atoms with E-state index in [4.69, 9.17) is 9.47 Å². The minimum atomic E-state index is -0.466. The lowest BCUT2D eigenvalue weighted by Gasteiger charge is -2.36. The van der Waals surface area contributed by atoms with E-state index in [9.17, 15) is 14.3 Å². The molecule has 0 aliphatic carbocycles. The third-order valence-corrected chi connectivity index (χ3v) is 5.37. The summed E-state index contributed by atoms with van der Waals surface area (Å²) in [6.07, 6.45) is -0.0307. The summed E-state index contributed by atoms with van der Waals surface area (Å²) in [5, 5.41) is 10.5. The molecule has 0 aromatic heterocycles. The number of methoxy groups -OCH3 is 1. The zero-order valence-corrected chi connectivity index (χ0v) is 18.0. The first-order valence-corrected chi connectivity index (χ1v) is 10.6. The summed E-state index contributed by atoms with van der Waals surface area (Å²) < 4.78 is 24.3. The van der Waals surface area contributed by atoms with Crippen LogP contribution in [0.25, 0.3) is 0 Å². The number of aliphatic hydroxyl groups is 1. The first kappa shape index (κ1) is 23.3. The number of morpholine rings is 1. The molecule has 0 radical (unpaired) electrons. The van der Waals surface area contributed by atoms with Crippen molar-refractivity contribution in [1.82, 2.24) is 9.80 Å². The number of rotatable bonds is 10. The molecule has 2 atom stereocenters. The molecule has 0 unspecified atom stereocenters. The molecular formula is C24H31FN2O4. The van der Waals surface area contributed by atoms with Gasteiger partial charge in [0.1, 0.15) is 5.82 Å². The minimum absolute atomic E-state index is 0.168. The van der Waals surface area contributed by atoms with Gasteiger partial charge >= 0.3 is 0 Å². The maximum Gasteiger partial charge on any atom is 0.254 e. The summed E-state index contributed by atoms with van der Waals surface area (Å²) in [5.74, 6) is -0.554. The van der Waals surface area contributed by atoms with E-state index in [-0.39, 0.29) is 17.8 Å². The number of hydrogen-bond acceptors (Lipinski definition) is 5. The highest BCUT2D eigenvalue weighted by molar-refractivity contribution is 5.94. The Morgan fingerprint density at radius 1 is 1.26 bits per heavy atom. The molecule has 1 heterocycles. The topological polar surface area (TPSA) is 62.2 Å². The highest BCUT2D eigenvalue weighted by Crippen LogP contribution is 2.13. The van der Waals surface area contributed by atoms with Crippen LogP contribution in [0.15, 0.2) is 54.6 Å². The van der Waals surface area contributed by atoms with Gasteiger partial charge in [0, 0.05) is 45.4 Å². The summed E-state index contributed by atoms with van der Waals surface area (Å²) in [6.45, 7) is 3.70. The van der Waals surface area contributed by atoms with Crippen molar-refractivity contribution in [2.75, 3.05) is 53.0 Å². The van der Waals surface area contributed by atoms with E-state index >= 15 is 0 Å². The molecule has 1 N–H and O–H groups in total. The number of halogens is 1. The maximum absolute atomic E-state index is 13.2. The number of β-amino-alcohol motifs (C(OH)–C–C–N with tert-alkyl or cyclic N) is 1. The number of carbonyl (C=O) groups is 1. The zero-order valence-electron chi connectivity index (χ0n) is 18.0. The van der Waals surface area contributed by atoms with Crippen LogP contribution < -0.4 is 0 Å². The van der Waals surface area contributed by atoms with Crippen molar-refractivity contribution in [3.63, 3.8) is 0 Å². The van der Waals surface area contributed by atoms with Crippen LogP contribution in [0.2, 0.25) is 0 Å². The van der Waals surface area contributed by atoms with Gasteiger partial charge in [-0.25, -0.2) is 4.39 Å². The Bertz CT molecular complexity index is 803.